The van der Waals surface area contributed by atoms with Crippen LogP contribution >= 0.6 is 0 Å². The van der Waals surface area contributed by atoms with Crippen LogP contribution < -0.4 is 5.32 Å². The molecule has 0 bridgehead atoms. The summed E-state index contributed by atoms with van der Waals surface area (Å²) < 4.78 is 13.9. The number of rotatable bonds is 5. The van der Waals surface area contributed by atoms with E-state index in [1.807, 2.05) is 0 Å². The van der Waals surface area contributed by atoms with Gasteiger partial charge in [-0.25, -0.2) is 9.18 Å². The van der Waals surface area contributed by atoms with Crippen molar-refractivity contribution in [2.45, 2.75) is 20.3 Å². The maximum atomic E-state index is 13.9. The zero-order valence-corrected chi connectivity index (χ0v) is 12.0. The van der Waals surface area contributed by atoms with Gasteiger partial charge in [-0.05, 0) is 41.5 Å². The Labute approximate surface area is 122 Å². The van der Waals surface area contributed by atoms with E-state index in [9.17, 15) is 14.0 Å². The van der Waals surface area contributed by atoms with E-state index in [4.69, 9.17) is 5.11 Å². The Bertz CT molecular complexity index is 608. The van der Waals surface area contributed by atoms with Gasteiger partial charge < -0.3 is 10.4 Å². The summed E-state index contributed by atoms with van der Waals surface area (Å²) in [5, 5.41) is 11.2. The molecule has 0 saturated heterocycles. The fraction of sp³-hybridized carbons (Fsp3) is 0.375. The molecule has 4 nitrogen and oxygen atoms in total. The maximum Gasteiger partial charge on any atom is 0.328 e. The third kappa shape index (κ3) is 3.90. The molecule has 0 spiro atoms. The number of carboxylic acids is 1. The second kappa shape index (κ2) is 5.68. The predicted octanol–water partition coefficient (Wildman–Crippen LogP) is 2.70. The van der Waals surface area contributed by atoms with E-state index in [0.717, 1.165) is 18.6 Å². The van der Waals surface area contributed by atoms with E-state index >= 15 is 0 Å². The van der Waals surface area contributed by atoms with E-state index in [1.54, 1.807) is 0 Å². The molecule has 0 aliphatic heterocycles. The number of carbonyl (C=O) groups is 2. The zero-order valence-electron chi connectivity index (χ0n) is 12.0. The quantitative estimate of drug-likeness (QED) is 0.820. The Morgan fingerprint density at radius 3 is 2.67 bits per heavy atom. The zero-order chi connectivity index (χ0) is 15.6. The van der Waals surface area contributed by atoms with E-state index in [2.05, 4.69) is 19.2 Å². The molecule has 1 fully saturated rings. The van der Waals surface area contributed by atoms with Gasteiger partial charge in [0, 0.05) is 12.6 Å². The third-order valence-corrected chi connectivity index (χ3v) is 3.88. The highest BCUT2D eigenvalue weighted by molar-refractivity contribution is 5.94. The Morgan fingerprint density at radius 2 is 2.14 bits per heavy atom. The number of halogens is 1. The molecule has 1 aromatic carbocycles. The number of carbonyl (C=O) groups excluding carboxylic acids is 1. The molecule has 2 rings (SSSR count). The number of amides is 1. The standard InChI is InChI=1S/C16H18FNO3/c1-16(2)8-11(16)9-18-15(21)12-5-3-10(7-13(12)17)4-6-14(19)20/h3-7,11H,8-9H2,1-2H3,(H,18,21)(H,19,20)/b6-4+. The minimum Gasteiger partial charge on any atom is -0.478 e. The first-order chi connectivity index (χ1) is 9.79. The first-order valence-corrected chi connectivity index (χ1v) is 6.78. The van der Waals surface area contributed by atoms with E-state index < -0.39 is 17.7 Å². The lowest BCUT2D eigenvalue weighted by Crippen LogP contribution is -2.27. The normalized spacial score (nSPS) is 19.5. The van der Waals surface area contributed by atoms with Crippen LogP contribution in [0.2, 0.25) is 0 Å². The van der Waals surface area contributed by atoms with E-state index in [-0.39, 0.29) is 11.0 Å². The molecule has 1 aliphatic rings. The van der Waals surface area contributed by atoms with Gasteiger partial charge in [0.15, 0.2) is 0 Å². The lowest BCUT2D eigenvalue weighted by Gasteiger charge is -2.08. The van der Waals surface area contributed by atoms with Crippen LogP contribution in [0, 0.1) is 17.2 Å². The lowest BCUT2D eigenvalue weighted by molar-refractivity contribution is -0.131. The van der Waals surface area contributed by atoms with E-state index in [1.165, 1.54) is 18.2 Å². The molecule has 21 heavy (non-hydrogen) atoms. The van der Waals surface area contributed by atoms with Crippen molar-refractivity contribution in [1.82, 2.24) is 5.32 Å². The highest BCUT2D eigenvalue weighted by Gasteiger charge is 2.45. The van der Waals surface area contributed by atoms with Gasteiger partial charge in [0.25, 0.3) is 5.91 Å². The smallest absolute Gasteiger partial charge is 0.328 e. The SMILES string of the molecule is CC1(C)CC1CNC(=O)c1ccc(/C=C/C(=O)O)cc1F. The van der Waals surface area contributed by atoms with Crippen molar-refractivity contribution in [3.8, 4) is 0 Å². The summed E-state index contributed by atoms with van der Waals surface area (Å²) >= 11 is 0. The summed E-state index contributed by atoms with van der Waals surface area (Å²) in [5.41, 5.74) is 0.632. The van der Waals surface area contributed by atoms with Crippen molar-refractivity contribution in [2.75, 3.05) is 6.54 Å². The molecule has 1 aliphatic carbocycles. The minimum atomic E-state index is -1.11. The van der Waals surface area contributed by atoms with Gasteiger partial charge in [-0.2, -0.15) is 0 Å². The fourth-order valence-electron chi connectivity index (χ4n) is 2.22. The summed E-state index contributed by atoms with van der Waals surface area (Å²) in [7, 11) is 0. The fourth-order valence-corrected chi connectivity index (χ4v) is 2.22. The number of nitrogens with one attached hydrogen (secondary N) is 1. The number of hydrogen-bond donors (Lipinski definition) is 2. The number of carboxylic acid groups (broad SMARTS) is 1. The molecule has 1 atom stereocenters. The Hall–Kier alpha value is -2.17. The molecular weight excluding hydrogens is 273 g/mol. The summed E-state index contributed by atoms with van der Waals surface area (Å²) in [6, 6.07) is 4.03. The highest BCUT2D eigenvalue weighted by Crippen LogP contribution is 2.50. The van der Waals surface area contributed by atoms with Crippen LogP contribution in [0.3, 0.4) is 0 Å². The summed E-state index contributed by atoms with van der Waals surface area (Å²) in [4.78, 5) is 22.3. The van der Waals surface area contributed by atoms with Crippen molar-refractivity contribution in [1.29, 1.82) is 0 Å². The first-order valence-electron chi connectivity index (χ1n) is 6.78. The molecule has 0 aromatic heterocycles. The number of hydrogen-bond acceptors (Lipinski definition) is 2. The molecule has 5 heteroatoms. The maximum absolute atomic E-state index is 13.9. The van der Waals surface area contributed by atoms with Gasteiger partial charge in [0.1, 0.15) is 5.82 Å². The summed E-state index contributed by atoms with van der Waals surface area (Å²) in [6.45, 7) is 4.81. The van der Waals surface area contributed by atoms with Crippen LogP contribution in [0.15, 0.2) is 24.3 Å². The average Bonchev–Trinajstić information content (AvgIpc) is 3.01. The van der Waals surface area contributed by atoms with Crippen molar-refractivity contribution < 1.29 is 19.1 Å². The second-order valence-corrected chi connectivity index (χ2v) is 6.01. The van der Waals surface area contributed by atoms with Crippen LogP contribution in [-0.4, -0.2) is 23.5 Å². The van der Waals surface area contributed by atoms with Crippen molar-refractivity contribution >= 4 is 18.0 Å². The molecule has 0 heterocycles. The van der Waals surface area contributed by atoms with Gasteiger partial charge >= 0.3 is 5.97 Å². The molecular formula is C16H18FNO3. The van der Waals surface area contributed by atoms with Crippen LogP contribution in [0.4, 0.5) is 4.39 Å². The monoisotopic (exact) mass is 291 g/mol. The summed E-state index contributed by atoms with van der Waals surface area (Å²) in [5.74, 6) is -1.76. The van der Waals surface area contributed by atoms with E-state index in [0.29, 0.717) is 18.0 Å². The van der Waals surface area contributed by atoms with Crippen LogP contribution in [-0.2, 0) is 4.79 Å². The molecule has 112 valence electrons. The first kappa shape index (κ1) is 15.2. The molecule has 1 unspecified atom stereocenters. The molecule has 0 radical (unpaired) electrons. The Morgan fingerprint density at radius 1 is 1.48 bits per heavy atom. The molecule has 1 saturated carbocycles. The van der Waals surface area contributed by atoms with Crippen LogP contribution in [0.1, 0.15) is 36.2 Å². The summed E-state index contributed by atoms with van der Waals surface area (Å²) in [6.07, 6.45) is 3.26. The third-order valence-electron chi connectivity index (χ3n) is 3.88. The van der Waals surface area contributed by atoms with Gasteiger partial charge in [-0.3, -0.25) is 4.79 Å². The molecule has 1 aromatic rings. The highest BCUT2D eigenvalue weighted by atomic mass is 19.1. The average molecular weight is 291 g/mol. The minimum absolute atomic E-state index is 0.0269. The van der Waals surface area contributed by atoms with Crippen molar-refractivity contribution in [2.24, 2.45) is 11.3 Å². The van der Waals surface area contributed by atoms with Crippen molar-refractivity contribution in [3.63, 3.8) is 0 Å². The van der Waals surface area contributed by atoms with Gasteiger partial charge in [-0.15, -0.1) is 0 Å². The second-order valence-electron chi connectivity index (χ2n) is 6.01. The van der Waals surface area contributed by atoms with Crippen LogP contribution in [0.25, 0.3) is 6.08 Å². The molecule has 2 N–H and O–H groups in total. The number of aliphatic carboxylic acids is 1. The van der Waals surface area contributed by atoms with Crippen LogP contribution in [0.5, 0.6) is 0 Å². The van der Waals surface area contributed by atoms with Crippen molar-refractivity contribution in [3.05, 3.63) is 41.2 Å². The lowest BCUT2D eigenvalue weighted by atomic mass is 10.1. The molecule has 1 amide bonds. The van der Waals surface area contributed by atoms with Gasteiger partial charge in [0.2, 0.25) is 0 Å². The predicted molar refractivity (Wildman–Crippen MR) is 77.3 cm³/mol. The number of benzene rings is 1. The largest absolute Gasteiger partial charge is 0.478 e. The Balaban J connectivity index is 1.99. The Kier molecular flexibility index (Phi) is 4.11. The van der Waals surface area contributed by atoms with Gasteiger partial charge in [-0.1, -0.05) is 19.9 Å². The van der Waals surface area contributed by atoms with Gasteiger partial charge in [0.05, 0.1) is 5.56 Å². The topological polar surface area (TPSA) is 66.4 Å².